The van der Waals surface area contributed by atoms with E-state index in [9.17, 15) is 10.1 Å². The smallest absolute Gasteiger partial charge is 0.239 e. The molecule has 2 heterocycles. The van der Waals surface area contributed by atoms with E-state index in [2.05, 4.69) is 18.3 Å². The van der Waals surface area contributed by atoms with Crippen LogP contribution in [-0.4, -0.2) is 43.2 Å². The summed E-state index contributed by atoms with van der Waals surface area (Å²) in [7, 11) is 0. The van der Waals surface area contributed by atoms with E-state index in [1.165, 1.54) is 4.88 Å². The third kappa shape index (κ3) is 4.45. The van der Waals surface area contributed by atoms with Gasteiger partial charge in [-0.1, -0.05) is 26.0 Å². The number of hydrogen-bond acceptors (Lipinski definition) is 6. The summed E-state index contributed by atoms with van der Waals surface area (Å²) in [5.41, 5.74) is 1.79. The van der Waals surface area contributed by atoms with Crippen molar-refractivity contribution in [2.24, 2.45) is 5.92 Å². The van der Waals surface area contributed by atoms with Crippen molar-refractivity contribution >= 4 is 22.2 Å². The monoisotopic (exact) mass is 425 g/mol. The van der Waals surface area contributed by atoms with Crippen molar-refractivity contribution in [2.45, 2.75) is 39.2 Å². The molecule has 158 valence electrons. The molecular formula is C23H27N3O3S. The summed E-state index contributed by atoms with van der Waals surface area (Å²) in [4.78, 5) is 16.0. The third-order valence-electron chi connectivity index (χ3n) is 5.72. The molecule has 6 nitrogen and oxygen atoms in total. The molecule has 0 bridgehead atoms. The molecule has 1 amide bonds. The van der Waals surface area contributed by atoms with Crippen molar-refractivity contribution < 1.29 is 14.3 Å². The van der Waals surface area contributed by atoms with Crippen LogP contribution in [0, 0.1) is 17.2 Å². The standard InChI is InChI=1S/C23H27N3O3S/c1-3-26(12-16-14-28-19-6-4-5-7-20(19)29-16)13-22(27)25-23-18(11-24)17-9-8-15(2)10-21(17)30-23/h4-7,15-16H,3,8-10,12-14H2,1-2H3,(H,25,27)/t15-,16-/m1/s1. The number of rotatable bonds is 6. The number of likely N-dealkylation sites (N-methyl/N-ethyl adjacent to an activating group) is 1. The first kappa shape index (κ1) is 20.7. The van der Waals surface area contributed by atoms with E-state index in [-0.39, 0.29) is 18.6 Å². The number of carbonyl (C=O) groups is 1. The average molecular weight is 426 g/mol. The molecule has 0 fully saturated rings. The van der Waals surface area contributed by atoms with Crippen LogP contribution in [0.2, 0.25) is 0 Å². The first-order valence-corrected chi connectivity index (χ1v) is 11.3. The summed E-state index contributed by atoms with van der Waals surface area (Å²) >= 11 is 1.56. The molecule has 0 radical (unpaired) electrons. The first-order valence-electron chi connectivity index (χ1n) is 10.5. The number of nitriles is 1. The Hall–Kier alpha value is -2.56. The number of hydrogen-bond donors (Lipinski definition) is 1. The van der Waals surface area contributed by atoms with Gasteiger partial charge in [-0.15, -0.1) is 11.3 Å². The van der Waals surface area contributed by atoms with E-state index in [0.29, 0.717) is 29.6 Å². The van der Waals surface area contributed by atoms with Gasteiger partial charge in [0.05, 0.1) is 12.1 Å². The lowest BCUT2D eigenvalue weighted by atomic mass is 9.89. The fourth-order valence-electron chi connectivity index (χ4n) is 4.07. The van der Waals surface area contributed by atoms with Crippen LogP contribution in [0.15, 0.2) is 24.3 Å². The Labute approximate surface area is 181 Å². The van der Waals surface area contributed by atoms with Crippen molar-refractivity contribution in [2.75, 3.05) is 31.6 Å². The number of anilines is 1. The maximum Gasteiger partial charge on any atom is 0.239 e. The van der Waals surface area contributed by atoms with E-state index in [4.69, 9.17) is 9.47 Å². The quantitative estimate of drug-likeness (QED) is 0.761. The van der Waals surface area contributed by atoms with Crippen LogP contribution >= 0.6 is 11.3 Å². The zero-order chi connectivity index (χ0) is 21.1. The van der Waals surface area contributed by atoms with Gasteiger partial charge in [-0.2, -0.15) is 5.26 Å². The Morgan fingerprint density at radius 3 is 2.93 bits per heavy atom. The molecule has 1 aliphatic heterocycles. The van der Waals surface area contributed by atoms with Gasteiger partial charge in [-0.3, -0.25) is 9.69 Å². The van der Waals surface area contributed by atoms with Crippen LogP contribution in [0.3, 0.4) is 0 Å². The lowest BCUT2D eigenvalue weighted by Crippen LogP contribution is -2.43. The molecule has 2 aliphatic rings. The van der Waals surface area contributed by atoms with E-state index in [1.807, 2.05) is 36.1 Å². The van der Waals surface area contributed by atoms with Crippen LogP contribution in [-0.2, 0) is 17.6 Å². The highest BCUT2D eigenvalue weighted by Gasteiger charge is 2.26. The van der Waals surface area contributed by atoms with Crippen molar-refractivity contribution in [1.29, 1.82) is 5.26 Å². The van der Waals surface area contributed by atoms with Gasteiger partial charge in [0.1, 0.15) is 23.8 Å². The maximum absolute atomic E-state index is 12.7. The molecule has 4 rings (SSSR count). The lowest BCUT2D eigenvalue weighted by Gasteiger charge is -2.30. The number of thiophene rings is 1. The van der Waals surface area contributed by atoms with Gasteiger partial charge < -0.3 is 14.8 Å². The van der Waals surface area contributed by atoms with Crippen LogP contribution in [0.4, 0.5) is 5.00 Å². The predicted molar refractivity (Wildman–Crippen MR) is 117 cm³/mol. The molecule has 1 N–H and O–H groups in total. The Bertz CT molecular complexity index is 965. The molecule has 1 aromatic carbocycles. The van der Waals surface area contributed by atoms with Gasteiger partial charge in [0, 0.05) is 11.4 Å². The van der Waals surface area contributed by atoms with Gasteiger partial charge >= 0.3 is 0 Å². The van der Waals surface area contributed by atoms with E-state index in [1.54, 1.807) is 11.3 Å². The number of nitrogens with zero attached hydrogens (tertiary/aromatic N) is 2. The second-order valence-corrected chi connectivity index (χ2v) is 9.15. The minimum absolute atomic E-state index is 0.0999. The Balaban J connectivity index is 1.37. The fraction of sp³-hybridized carbons (Fsp3) is 0.478. The minimum atomic E-state index is -0.127. The van der Waals surface area contributed by atoms with Crippen molar-refractivity contribution in [3.05, 3.63) is 40.3 Å². The number of fused-ring (bicyclic) bond motifs is 2. The van der Waals surface area contributed by atoms with Gasteiger partial charge in [0.25, 0.3) is 0 Å². The molecule has 1 aliphatic carbocycles. The summed E-state index contributed by atoms with van der Waals surface area (Å²) in [6.07, 6.45) is 2.89. The zero-order valence-corrected chi connectivity index (χ0v) is 18.3. The van der Waals surface area contributed by atoms with Gasteiger partial charge in [0.2, 0.25) is 5.91 Å². The number of nitrogens with one attached hydrogen (secondary N) is 1. The molecule has 30 heavy (non-hydrogen) atoms. The summed E-state index contributed by atoms with van der Waals surface area (Å²) in [5.74, 6) is 2.03. The normalized spacial score (nSPS) is 19.8. The highest BCUT2D eigenvalue weighted by atomic mass is 32.1. The summed E-state index contributed by atoms with van der Waals surface area (Å²) in [5, 5.41) is 13.3. The number of amides is 1. The highest BCUT2D eigenvalue weighted by Crippen LogP contribution is 2.39. The highest BCUT2D eigenvalue weighted by molar-refractivity contribution is 7.16. The molecular weight excluding hydrogens is 398 g/mol. The molecule has 0 spiro atoms. The topological polar surface area (TPSA) is 74.6 Å². The summed E-state index contributed by atoms with van der Waals surface area (Å²) < 4.78 is 11.8. The van der Waals surface area contributed by atoms with Crippen LogP contribution in [0.1, 0.15) is 36.3 Å². The van der Waals surface area contributed by atoms with Gasteiger partial charge in [-0.25, -0.2) is 0 Å². The van der Waals surface area contributed by atoms with Crippen LogP contribution in [0.5, 0.6) is 11.5 Å². The largest absolute Gasteiger partial charge is 0.486 e. The predicted octanol–water partition coefficient (Wildman–Crippen LogP) is 3.84. The van der Waals surface area contributed by atoms with Crippen LogP contribution < -0.4 is 14.8 Å². The lowest BCUT2D eigenvalue weighted by molar-refractivity contribution is -0.117. The van der Waals surface area contributed by atoms with Gasteiger partial charge in [-0.05, 0) is 49.4 Å². The molecule has 7 heteroatoms. The first-order chi connectivity index (χ1) is 14.6. The van der Waals surface area contributed by atoms with Gasteiger partial charge in [0.15, 0.2) is 11.5 Å². The van der Waals surface area contributed by atoms with E-state index in [0.717, 1.165) is 42.9 Å². The fourth-order valence-corrected chi connectivity index (χ4v) is 5.45. The van der Waals surface area contributed by atoms with Crippen molar-refractivity contribution in [1.82, 2.24) is 4.90 Å². The SMILES string of the molecule is CCN(CC(=O)Nc1sc2c(c1C#N)CC[C@@H](C)C2)C[C@@H]1COc2ccccc2O1. The third-order valence-corrected chi connectivity index (χ3v) is 6.89. The van der Waals surface area contributed by atoms with E-state index >= 15 is 0 Å². The van der Waals surface area contributed by atoms with Crippen molar-refractivity contribution in [3.8, 4) is 17.6 Å². The number of benzene rings is 1. The Kier molecular flexibility index (Phi) is 6.26. The summed E-state index contributed by atoms with van der Waals surface area (Å²) in [6, 6.07) is 9.94. The molecule has 2 atom stereocenters. The molecule has 0 saturated carbocycles. The number of ether oxygens (including phenoxy) is 2. The number of carbonyl (C=O) groups excluding carboxylic acids is 1. The maximum atomic E-state index is 12.7. The Morgan fingerprint density at radius 1 is 1.37 bits per heavy atom. The van der Waals surface area contributed by atoms with Crippen LogP contribution in [0.25, 0.3) is 0 Å². The molecule has 0 unspecified atom stereocenters. The van der Waals surface area contributed by atoms with Crippen molar-refractivity contribution in [3.63, 3.8) is 0 Å². The zero-order valence-electron chi connectivity index (χ0n) is 17.4. The molecule has 0 saturated heterocycles. The second-order valence-electron chi connectivity index (χ2n) is 8.04. The average Bonchev–Trinajstić information content (AvgIpc) is 3.08. The molecule has 2 aromatic rings. The van der Waals surface area contributed by atoms with E-state index < -0.39 is 0 Å². The molecule has 1 aromatic heterocycles. The number of para-hydroxylation sites is 2. The Morgan fingerprint density at radius 2 is 2.17 bits per heavy atom. The minimum Gasteiger partial charge on any atom is -0.486 e. The summed E-state index contributed by atoms with van der Waals surface area (Å²) in [6.45, 7) is 6.30. The second kappa shape index (κ2) is 9.07.